The van der Waals surface area contributed by atoms with Crippen LogP contribution in [-0.4, -0.2) is 0 Å². The van der Waals surface area contributed by atoms with Crippen LogP contribution in [0.4, 0.5) is 5.69 Å². The Labute approximate surface area is 86.1 Å². The molecule has 0 saturated carbocycles. The average Bonchev–Trinajstić information content (AvgIpc) is 2.43. The summed E-state index contributed by atoms with van der Waals surface area (Å²) in [6.07, 6.45) is 0.998. The number of anilines is 1. The summed E-state index contributed by atoms with van der Waals surface area (Å²) < 4.78 is 2.09. The fourth-order valence-electron chi connectivity index (χ4n) is 1.48. The Bertz CT molecular complexity index is 447. The normalized spacial score (nSPS) is 10.9. The van der Waals surface area contributed by atoms with Gasteiger partial charge in [0.2, 0.25) is 0 Å². The Morgan fingerprint density at radius 2 is 2.15 bits per heavy atom. The lowest BCUT2D eigenvalue weighted by Crippen LogP contribution is -1.87. The largest absolute Gasteiger partial charge is 0.399 e. The van der Waals surface area contributed by atoms with E-state index in [4.69, 9.17) is 17.3 Å². The van der Waals surface area contributed by atoms with Crippen LogP contribution in [0.3, 0.4) is 0 Å². The minimum atomic E-state index is 0.818. The molecule has 3 heteroatoms. The fraction of sp³-hybridized carbons (Fsp3) is 0.200. The minimum Gasteiger partial charge on any atom is -0.399 e. The summed E-state index contributed by atoms with van der Waals surface area (Å²) in [7, 11) is 0. The molecule has 0 bridgehead atoms. The Balaban J connectivity index is 2.80. The molecule has 0 unspecified atom stereocenters. The predicted molar refractivity (Wildman–Crippen MR) is 60.6 cm³/mol. The summed E-state index contributed by atoms with van der Waals surface area (Å²) in [6.45, 7) is 2.13. The number of hydrogen-bond donors (Lipinski definition) is 1. The predicted octanol–water partition coefficient (Wildman–Crippen LogP) is 3.70. The monoisotopic (exact) mass is 211 g/mol. The summed E-state index contributed by atoms with van der Waals surface area (Å²) in [4.78, 5) is 0. The van der Waals surface area contributed by atoms with E-state index in [0.717, 1.165) is 21.8 Å². The number of fused-ring (bicyclic) bond motifs is 1. The smallest absolute Gasteiger partial charge is 0.0940 e. The van der Waals surface area contributed by atoms with E-state index in [1.165, 1.54) is 10.3 Å². The van der Waals surface area contributed by atoms with Gasteiger partial charge >= 0.3 is 0 Å². The number of hydrogen-bond acceptors (Lipinski definition) is 2. The zero-order valence-corrected chi connectivity index (χ0v) is 8.88. The van der Waals surface area contributed by atoms with E-state index in [9.17, 15) is 0 Å². The first-order valence-electron chi connectivity index (χ1n) is 4.18. The average molecular weight is 212 g/mol. The second-order valence-corrected chi connectivity index (χ2v) is 4.69. The maximum absolute atomic E-state index is 5.94. The Morgan fingerprint density at radius 1 is 1.38 bits per heavy atom. The lowest BCUT2D eigenvalue weighted by molar-refractivity contribution is 1.17. The summed E-state index contributed by atoms with van der Waals surface area (Å²) >= 11 is 7.56. The van der Waals surface area contributed by atoms with Crippen LogP contribution in [0, 0.1) is 0 Å². The van der Waals surface area contributed by atoms with Crippen molar-refractivity contribution in [2.24, 2.45) is 0 Å². The van der Waals surface area contributed by atoms with Crippen molar-refractivity contribution >= 4 is 38.7 Å². The molecular weight excluding hydrogens is 202 g/mol. The van der Waals surface area contributed by atoms with Crippen molar-refractivity contribution in [3.8, 4) is 0 Å². The van der Waals surface area contributed by atoms with Crippen molar-refractivity contribution in [3.63, 3.8) is 0 Å². The number of halogens is 1. The molecule has 0 amide bonds. The van der Waals surface area contributed by atoms with Crippen LogP contribution in [0.25, 0.3) is 10.1 Å². The summed E-state index contributed by atoms with van der Waals surface area (Å²) in [5, 5.41) is 1.16. The lowest BCUT2D eigenvalue weighted by atomic mass is 10.1. The van der Waals surface area contributed by atoms with Gasteiger partial charge in [0.25, 0.3) is 0 Å². The van der Waals surface area contributed by atoms with E-state index in [-0.39, 0.29) is 0 Å². The van der Waals surface area contributed by atoms with Gasteiger partial charge in [-0.05, 0) is 35.6 Å². The van der Waals surface area contributed by atoms with Gasteiger partial charge in [-0.25, -0.2) is 0 Å². The highest BCUT2D eigenvalue weighted by molar-refractivity contribution is 7.22. The molecule has 1 aromatic heterocycles. The number of aryl methyl sites for hydroxylation is 1. The number of thiophene rings is 1. The third kappa shape index (κ3) is 1.52. The van der Waals surface area contributed by atoms with Gasteiger partial charge in [-0.3, -0.25) is 0 Å². The quantitative estimate of drug-likeness (QED) is 0.716. The number of rotatable bonds is 1. The molecule has 0 aliphatic rings. The van der Waals surface area contributed by atoms with Crippen LogP contribution in [0.2, 0.25) is 4.34 Å². The first-order chi connectivity index (χ1) is 6.20. The van der Waals surface area contributed by atoms with Crippen LogP contribution in [-0.2, 0) is 6.42 Å². The molecule has 0 atom stereocenters. The van der Waals surface area contributed by atoms with E-state index in [0.29, 0.717) is 0 Å². The maximum Gasteiger partial charge on any atom is 0.0940 e. The van der Waals surface area contributed by atoms with Gasteiger partial charge in [0.1, 0.15) is 0 Å². The van der Waals surface area contributed by atoms with Crippen LogP contribution >= 0.6 is 22.9 Å². The van der Waals surface area contributed by atoms with Crippen LogP contribution < -0.4 is 5.73 Å². The molecular formula is C10H10ClNS. The number of benzene rings is 1. The molecule has 13 heavy (non-hydrogen) atoms. The highest BCUT2D eigenvalue weighted by Gasteiger charge is 2.05. The molecule has 0 aliphatic carbocycles. The lowest BCUT2D eigenvalue weighted by Gasteiger charge is -2.00. The van der Waals surface area contributed by atoms with Crippen molar-refractivity contribution in [2.45, 2.75) is 13.3 Å². The van der Waals surface area contributed by atoms with Crippen molar-refractivity contribution in [1.82, 2.24) is 0 Å². The van der Waals surface area contributed by atoms with Crippen LogP contribution in [0.1, 0.15) is 12.5 Å². The topological polar surface area (TPSA) is 26.0 Å². The van der Waals surface area contributed by atoms with Crippen LogP contribution in [0.15, 0.2) is 18.2 Å². The van der Waals surface area contributed by atoms with Crippen molar-refractivity contribution in [1.29, 1.82) is 0 Å². The highest BCUT2D eigenvalue weighted by atomic mass is 35.5. The summed E-state index contributed by atoms with van der Waals surface area (Å²) in [5.74, 6) is 0. The second-order valence-electron chi connectivity index (χ2n) is 3.00. The van der Waals surface area contributed by atoms with E-state index in [2.05, 4.69) is 6.92 Å². The Morgan fingerprint density at radius 3 is 2.85 bits per heavy atom. The molecule has 0 radical (unpaired) electrons. The van der Waals surface area contributed by atoms with Gasteiger partial charge in [0.15, 0.2) is 0 Å². The third-order valence-corrected chi connectivity index (χ3v) is 3.42. The van der Waals surface area contributed by atoms with E-state index in [1.807, 2.05) is 18.2 Å². The fourth-order valence-corrected chi connectivity index (χ4v) is 2.78. The standard InChI is InChI=1S/C10H10ClNS/c1-2-6-3-8(12)4-7-5-9(11)13-10(6)7/h3-5H,2,12H2,1H3. The molecule has 1 heterocycles. The van der Waals surface area contributed by atoms with Gasteiger partial charge in [-0.15, -0.1) is 11.3 Å². The Kier molecular flexibility index (Phi) is 2.18. The van der Waals surface area contributed by atoms with Crippen LogP contribution in [0.5, 0.6) is 0 Å². The number of nitrogens with two attached hydrogens (primary N) is 1. The Hall–Kier alpha value is -0.730. The molecule has 0 spiro atoms. The van der Waals surface area contributed by atoms with Gasteiger partial charge in [0.05, 0.1) is 4.34 Å². The minimum absolute atomic E-state index is 0.818. The maximum atomic E-state index is 5.94. The zero-order chi connectivity index (χ0) is 9.42. The summed E-state index contributed by atoms with van der Waals surface area (Å²) in [6, 6.07) is 5.96. The molecule has 1 aromatic carbocycles. The first-order valence-corrected chi connectivity index (χ1v) is 5.37. The molecule has 1 nitrogen and oxygen atoms in total. The SMILES string of the molecule is CCc1cc(N)cc2cc(Cl)sc12. The molecule has 2 aromatic rings. The third-order valence-electron chi connectivity index (χ3n) is 2.07. The van der Waals surface area contributed by atoms with Crippen molar-refractivity contribution in [2.75, 3.05) is 5.73 Å². The highest BCUT2D eigenvalue weighted by Crippen LogP contribution is 2.33. The molecule has 0 aliphatic heterocycles. The molecule has 2 N–H and O–H groups in total. The molecule has 0 saturated heterocycles. The zero-order valence-electron chi connectivity index (χ0n) is 7.30. The van der Waals surface area contributed by atoms with Crippen molar-refractivity contribution in [3.05, 3.63) is 28.1 Å². The van der Waals surface area contributed by atoms with E-state index >= 15 is 0 Å². The second kappa shape index (κ2) is 3.20. The van der Waals surface area contributed by atoms with Gasteiger partial charge < -0.3 is 5.73 Å². The molecule has 0 fully saturated rings. The van der Waals surface area contributed by atoms with E-state index in [1.54, 1.807) is 11.3 Å². The molecule has 68 valence electrons. The summed E-state index contributed by atoms with van der Waals surface area (Å²) in [5.41, 5.74) is 7.87. The number of nitrogen functional groups attached to an aromatic ring is 1. The molecule has 2 rings (SSSR count). The first kappa shape index (κ1) is 8.85. The van der Waals surface area contributed by atoms with E-state index < -0.39 is 0 Å². The van der Waals surface area contributed by atoms with Gasteiger partial charge in [0, 0.05) is 10.4 Å². The van der Waals surface area contributed by atoms with Gasteiger partial charge in [-0.1, -0.05) is 18.5 Å². The van der Waals surface area contributed by atoms with Gasteiger partial charge in [-0.2, -0.15) is 0 Å². The van der Waals surface area contributed by atoms with Crippen molar-refractivity contribution < 1.29 is 0 Å².